The number of hydrogen-bond acceptors (Lipinski definition) is 5. The van der Waals surface area contributed by atoms with Gasteiger partial charge in [0.15, 0.2) is 17.1 Å². The van der Waals surface area contributed by atoms with Gasteiger partial charge in [0.2, 0.25) is 0 Å². The molecular formula is C15H11N3O2. The van der Waals surface area contributed by atoms with Crippen LogP contribution in [0.5, 0.6) is 11.5 Å². The molecule has 0 aromatic heterocycles. The monoisotopic (exact) mass is 265 g/mol. The molecule has 1 rings (SSSR count). The third kappa shape index (κ3) is 2.90. The molecule has 0 saturated heterocycles. The van der Waals surface area contributed by atoms with Gasteiger partial charge in [0, 0.05) is 5.57 Å². The van der Waals surface area contributed by atoms with Crippen LogP contribution in [-0.2, 0) is 0 Å². The maximum Gasteiger partial charge on any atom is 0.160 e. The Morgan fingerprint density at radius 2 is 1.90 bits per heavy atom. The fraction of sp³-hybridized carbons (Fsp3) is 0.0667. The fourth-order valence-corrected chi connectivity index (χ4v) is 1.52. The Morgan fingerprint density at radius 3 is 2.35 bits per heavy atom. The molecule has 20 heavy (non-hydrogen) atoms. The minimum Gasteiger partial charge on any atom is -0.504 e. The van der Waals surface area contributed by atoms with Crippen molar-refractivity contribution in [1.29, 1.82) is 10.5 Å². The number of allylic oxidation sites excluding steroid dienone is 2. The van der Waals surface area contributed by atoms with Crippen molar-refractivity contribution < 1.29 is 10.2 Å². The van der Waals surface area contributed by atoms with Crippen LogP contribution in [0, 0.1) is 41.9 Å². The van der Waals surface area contributed by atoms with Crippen LogP contribution >= 0.6 is 0 Å². The van der Waals surface area contributed by atoms with Crippen molar-refractivity contribution in [2.24, 2.45) is 5.73 Å². The molecule has 0 amide bonds. The highest BCUT2D eigenvalue weighted by Crippen LogP contribution is 2.30. The van der Waals surface area contributed by atoms with Crippen molar-refractivity contribution in [1.82, 2.24) is 0 Å². The van der Waals surface area contributed by atoms with Crippen LogP contribution in [-0.4, -0.2) is 10.2 Å². The van der Waals surface area contributed by atoms with Crippen molar-refractivity contribution in [3.8, 4) is 36.0 Å². The normalized spacial score (nSPS) is 10.0. The number of nitriles is 2. The van der Waals surface area contributed by atoms with E-state index in [1.54, 1.807) is 25.1 Å². The molecule has 1 aromatic rings. The van der Waals surface area contributed by atoms with E-state index >= 15 is 0 Å². The molecule has 1 aromatic carbocycles. The summed E-state index contributed by atoms with van der Waals surface area (Å²) in [6.45, 7) is 1.61. The van der Waals surface area contributed by atoms with E-state index in [4.69, 9.17) is 22.7 Å². The highest BCUT2D eigenvalue weighted by molar-refractivity contribution is 5.69. The Hall–Kier alpha value is -3.36. The van der Waals surface area contributed by atoms with Crippen molar-refractivity contribution in [2.75, 3.05) is 0 Å². The molecule has 0 spiro atoms. The molecule has 0 fully saturated rings. The van der Waals surface area contributed by atoms with E-state index in [1.807, 2.05) is 0 Å². The summed E-state index contributed by atoms with van der Waals surface area (Å²) in [6.07, 6.45) is 6.75. The van der Waals surface area contributed by atoms with Crippen LogP contribution in [0.3, 0.4) is 0 Å². The molecule has 0 aliphatic carbocycles. The Balaban J connectivity index is 3.43. The number of rotatable bonds is 2. The van der Waals surface area contributed by atoms with Gasteiger partial charge in [0.25, 0.3) is 0 Å². The van der Waals surface area contributed by atoms with Gasteiger partial charge in [-0.05, 0) is 36.3 Å². The second kappa shape index (κ2) is 6.00. The van der Waals surface area contributed by atoms with Crippen LogP contribution < -0.4 is 5.73 Å². The predicted molar refractivity (Wildman–Crippen MR) is 73.8 cm³/mol. The molecular weight excluding hydrogens is 254 g/mol. The molecule has 0 aliphatic heterocycles. The zero-order chi connectivity index (χ0) is 15.3. The molecule has 0 radical (unpaired) electrons. The first-order valence-corrected chi connectivity index (χ1v) is 5.45. The highest BCUT2D eigenvalue weighted by atomic mass is 16.3. The SMILES string of the molecule is C#C/C(=C\c1cc(C)c(O)c(O)c1)C(N)=C(C#N)C#N. The molecule has 5 nitrogen and oxygen atoms in total. The minimum atomic E-state index is -0.295. The molecule has 0 heterocycles. The first kappa shape index (κ1) is 14.7. The molecule has 5 heteroatoms. The average Bonchev–Trinajstić information content (AvgIpc) is 2.43. The Bertz CT molecular complexity index is 699. The lowest BCUT2D eigenvalue weighted by molar-refractivity contribution is 0.401. The summed E-state index contributed by atoms with van der Waals surface area (Å²) >= 11 is 0. The van der Waals surface area contributed by atoms with Crippen LogP contribution in [0.2, 0.25) is 0 Å². The molecule has 0 saturated carbocycles. The summed E-state index contributed by atoms with van der Waals surface area (Å²) in [4.78, 5) is 0. The number of terminal acetylenes is 1. The van der Waals surface area contributed by atoms with Crippen molar-refractivity contribution >= 4 is 6.08 Å². The number of nitrogens with zero attached hydrogens (tertiary/aromatic N) is 2. The smallest absolute Gasteiger partial charge is 0.160 e. The van der Waals surface area contributed by atoms with Crippen molar-refractivity contribution in [3.63, 3.8) is 0 Å². The van der Waals surface area contributed by atoms with Crippen LogP contribution in [0.4, 0.5) is 0 Å². The van der Waals surface area contributed by atoms with Crippen molar-refractivity contribution in [2.45, 2.75) is 6.92 Å². The number of phenolic OH excluding ortho intramolecular Hbond substituents is 2. The van der Waals surface area contributed by atoms with Gasteiger partial charge in [-0.25, -0.2) is 0 Å². The highest BCUT2D eigenvalue weighted by Gasteiger charge is 2.08. The molecule has 0 unspecified atom stereocenters. The second-order valence-electron chi connectivity index (χ2n) is 3.92. The lowest BCUT2D eigenvalue weighted by Gasteiger charge is -2.05. The first-order chi connectivity index (χ1) is 9.44. The maximum atomic E-state index is 9.53. The zero-order valence-electron chi connectivity index (χ0n) is 10.7. The Labute approximate surface area is 116 Å². The van der Waals surface area contributed by atoms with Gasteiger partial charge in [-0.2, -0.15) is 10.5 Å². The summed E-state index contributed by atoms with van der Waals surface area (Å²) in [7, 11) is 0. The summed E-state index contributed by atoms with van der Waals surface area (Å²) in [6, 6.07) is 6.18. The number of aromatic hydroxyl groups is 2. The van der Waals surface area contributed by atoms with Gasteiger partial charge < -0.3 is 15.9 Å². The molecule has 0 atom stereocenters. The van der Waals surface area contributed by atoms with Crippen LogP contribution in [0.1, 0.15) is 11.1 Å². The molecule has 98 valence electrons. The van der Waals surface area contributed by atoms with Gasteiger partial charge in [-0.1, -0.05) is 5.92 Å². The zero-order valence-corrected chi connectivity index (χ0v) is 10.7. The summed E-state index contributed by atoms with van der Waals surface area (Å²) in [5.74, 6) is 1.77. The third-order valence-electron chi connectivity index (χ3n) is 2.55. The lowest BCUT2D eigenvalue weighted by Crippen LogP contribution is -2.03. The van der Waals surface area contributed by atoms with Gasteiger partial charge >= 0.3 is 0 Å². The third-order valence-corrected chi connectivity index (χ3v) is 2.55. The lowest BCUT2D eigenvalue weighted by atomic mass is 10.0. The summed E-state index contributed by atoms with van der Waals surface area (Å²) in [5.41, 5.74) is 6.36. The molecule has 4 N–H and O–H groups in total. The van der Waals surface area contributed by atoms with Crippen LogP contribution in [0.25, 0.3) is 6.08 Å². The summed E-state index contributed by atoms with van der Waals surface area (Å²) in [5, 5.41) is 36.5. The molecule has 0 aliphatic rings. The number of aryl methyl sites for hydroxylation is 1. The standard InChI is InChI=1S/C15H11N3O2/c1-3-11(14(18)12(7-16)8-17)5-10-4-9(2)15(20)13(19)6-10/h1,4-6,19-20H,18H2,2H3/b11-5+. The first-order valence-electron chi connectivity index (χ1n) is 5.45. The minimum absolute atomic E-state index is 0.109. The second-order valence-corrected chi connectivity index (χ2v) is 3.92. The van der Waals surface area contributed by atoms with E-state index < -0.39 is 0 Å². The predicted octanol–water partition coefficient (Wildman–Crippen LogP) is 1.68. The number of phenols is 2. The average molecular weight is 265 g/mol. The Morgan fingerprint density at radius 1 is 1.30 bits per heavy atom. The van der Waals surface area contributed by atoms with E-state index in [2.05, 4.69) is 5.92 Å². The van der Waals surface area contributed by atoms with Gasteiger partial charge in [0.05, 0.1) is 5.70 Å². The van der Waals surface area contributed by atoms with E-state index in [0.29, 0.717) is 11.1 Å². The van der Waals surface area contributed by atoms with Crippen LogP contribution in [0.15, 0.2) is 29.0 Å². The van der Waals surface area contributed by atoms with Gasteiger partial charge in [-0.3, -0.25) is 0 Å². The fourth-order valence-electron chi connectivity index (χ4n) is 1.52. The van der Waals surface area contributed by atoms with E-state index in [-0.39, 0.29) is 28.3 Å². The summed E-state index contributed by atoms with van der Waals surface area (Å²) < 4.78 is 0. The Kier molecular flexibility index (Phi) is 4.41. The number of benzene rings is 1. The number of hydrogen-bond donors (Lipinski definition) is 3. The van der Waals surface area contributed by atoms with E-state index in [1.165, 1.54) is 12.1 Å². The maximum absolute atomic E-state index is 9.53. The van der Waals surface area contributed by atoms with E-state index in [0.717, 1.165) is 0 Å². The van der Waals surface area contributed by atoms with Crippen molar-refractivity contribution in [3.05, 3.63) is 40.1 Å². The molecule has 0 bridgehead atoms. The quantitative estimate of drug-likeness (QED) is 0.326. The van der Waals surface area contributed by atoms with E-state index in [9.17, 15) is 10.2 Å². The van der Waals surface area contributed by atoms with Gasteiger partial charge in [-0.15, -0.1) is 6.42 Å². The topological polar surface area (TPSA) is 114 Å². The van der Waals surface area contributed by atoms with Gasteiger partial charge in [0.1, 0.15) is 12.1 Å². The number of nitrogens with two attached hydrogens (primary N) is 1. The largest absolute Gasteiger partial charge is 0.504 e.